The van der Waals surface area contributed by atoms with Gasteiger partial charge in [0, 0.05) is 21.3 Å². The Morgan fingerprint density at radius 1 is 1.47 bits per heavy atom. The van der Waals surface area contributed by atoms with Gasteiger partial charge in [-0.15, -0.1) is 0 Å². The van der Waals surface area contributed by atoms with Crippen LogP contribution in [0.3, 0.4) is 0 Å². The minimum atomic E-state index is -0.653. The molecule has 0 aromatic heterocycles. The van der Waals surface area contributed by atoms with Gasteiger partial charge in [-0.25, -0.2) is 0 Å². The van der Waals surface area contributed by atoms with Gasteiger partial charge in [-0.05, 0) is 31.7 Å². The Bertz CT molecular complexity index is 208. The first-order valence-corrected chi connectivity index (χ1v) is 7.56. The molecule has 4 atom stereocenters. The van der Waals surface area contributed by atoms with E-state index in [0.29, 0.717) is 11.8 Å². The molecule has 0 spiro atoms. The molecular weight excluding hydrogens is 206 g/mol. The van der Waals surface area contributed by atoms with Crippen LogP contribution >= 0.6 is 0 Å². The lowest BCUT2D eigenvalue weighted by molar-refractivity contribution is 0.353. The summed E-state index contributed by atoms with van der Waals surface area (Å²) in [5, 5.41) is 0.737. The van der Waals surface area contributed by atoms with Crippen LogP contribution in [-0.4, -0.2) is 21.3 Å². The largest absolute Gasteiger partial charge is 0.330 e. The van der Waals surface area contributed by atoms with E-state index in [1.54, 1.807) is 0 Å². The molecule has 1 saturated carbocycles. The van der Waals surface area contributed by atoms with Gasteiger partial charge in [-0.2, -0.15) is 0 Å². The Hall–Kier alpha value is 0.110. The van der Waals surface area contributed by atoms with Crippen LogP contribution in [0.5, 0.6) is 0 Å². The summed E-state index contributed by atoms with van der Waals surface area (Å²) < 4.78 is 12.2. The first-order valence-electron chi connectivity index (χ1n) is 6.28. The lowest BCUT2D eigenvalue weighted by Gasteiger charge is -2.29. The summed E-state index contributed by atoms with van der Waals surface area (Å²) in [7, 11) is -0.653. The number of rotatable bonds is 5. The van der Waals surface area contributed by atoms with Gasteiger partial charge >= 0.3 is 0 Å². The molecule has 3 heteroatoms. The molecule has 1 aliphatic rings. The van der Waals surface area contributed by atoms with Gasteiger partial charge in [0.15, 0.2) is 0 Å². The maximum atomic E-state index is 12.2. The molecule has 1 rings (SSSR count). The van der Waals surface area contributed by atoms with Crippen LogP contribution in [0.15, 0.2) is 0 Å². The summed E-state index contributed by atoms with van der Waals surface area (Å²) >= 11 is 0. The minimum absolute atomic E-state index is 0.288. The maximum Gasteiger partial charge on any atom is 0.0353 e. The van der Waals surface area contributed by atoms with Crippen molar-refractivity contribution >= 4 is 10.8 Å². The Labute approximate surface area is 96.5 Å². The van der Waals surface area contributed by atoms with E-state index in [4.69, 9.17) is 5.73 Å². The lowest BCUT2D eigenvalue weighted by Crippen LogP contribution is -2.30. The monoisotopic (exact) mass is 231 g/mol. The van der Waals surface area contributed by atoms with E-state index >= 15 is 0 Å². The van der Waals surface area contributed by atoms with Gasteiger partial charge < -0.3 is 5.73 Å². The predicted octanol–water partition coefficient (Wildman–Crippen LogP) is 2.44. The molecule has 4 unspecified atom stereocenters. The Kier molecular flexibility index (Phi) is 5.83. The van der Waals surface area contributed by atoms with Crippen LogP contribution < -0.4 is 5.73 Å². The highest BCUT2D eigenvalue weighted by molar-refractivity contribution is 7.86. The van der Waals surface area contributed by atoms with Gasteiger partial charge in [0.05, 0.1) is 0 Å². The second-order valence-electron chi connectivity index (χ2n) is 4.78. The predicted molar refractivity (Wildman–Crippen MR) is 67.3 cm³/mol. The van der Waals surface area contributed by atoms with Gasteiger partial charge in [0.25, 0.3) is 0 Å². The summed E-state index contributed by atoms with van der Waals surface area (Å²) in [6, 6.07) is 0. The highest BCUT2D eigenvalue weighted by Gasteiger charge is 2.27. The summed E-state index contributed by atoms with van der Waals surface area (Å²) in [6.45, 7) is 4.99. The Morgan fingerprint density at radius 2 is 2.20 bits per heavy atom. The van der Waals surface area contributed by atoms with E-state index < -0.39 is 10.8 Å². The van der Waals surface area contributed by atoms with E-state index in [1.165, 1.54) is 25.7 Å². The summed E-state index contributed by atoms with van der Waals surface area (Å²) in [4.78, 5) is 0. The third-order valence-corrected chi connectivity index (χ3v) is 5.72. The molecule has 15 heavy (non-hydrogen) atoms. The molecule has 0 heterocycles. The van der Waals surface area contributed by atoms with E-state index in [1.807, 2.05) is 0 Å². The van der Waals surface area contributed by atoms with Crippen LogP contribution in [0, 0.1) is 5.92 Å². The van der Waals surface area contributed by atoms with Gasteiger partial charge in [0.2, 0.25) is 0 Å². The van der Waals surface area contributed by atoms with Gasteiger partial charge in [0.1, 0.15) is 0 Å². The molecule has 0 saturated heterocycles. The highest BCUT2D eigenvalue weighted by atomic mass is 32.2. The van der Waals surface area contributed by atoms with Crippen molar-refractivity contribution in [3.63, 3.8) is 0 Å². The zero-order valence-corrected chi connectivity index (χ0v) is 10.9. The van der Waals surface area contributed by atoms with E-state index in [-0.39, 0.29) is 5.25 Å². The first-order chi connectivity index (χ1) is 7.19. The number of hydrogen-bond acceptors (Lipinski definition) is 2. The zero-order chi connectivity index (χ0) is 11.3. The standard InChI is InChI=1S/C12H25NOS/c1-3-11-5-4-6-12(9-11)15(14)10(2)7-8-13/h10-12H,3-9,13H2,1-2H3. The van der Waals surface area contributed by atoms with Crippen LogP contribution in [-0.2, 0) is 10.8 Å². The number of hydrogen-bond donors (Lipinski definition) is 1. The highest BCUT2D eigenvalue weighted by Crippen LogP contribution is 2.30. The summed E-state index contributed by atoms with van der Waals surface area (Å²) in [5.41, 5.74) is 5.52. The Morgan fingerprint density at radius 3 is 2.80 bits per heavy atom. The van der Waals surface area contributed by atoms with Gasteiger partial charge in [-0.3, -0.25) is 4.21 Å². The molecule has 0 radical (unpaired) electrons. The molecule has 0 amide bonds. The molecule has 0 aliphatic heterocycles. The fourth-order valence-corrected chi connectivity index (χ4v) is 4.39. The van der Waals surface area contributed by atoms with E-state index in [9.17, 15) is 4.21 Å². The van der Waals surface area contributed by atoms with E-state index in [0.717, 1.165) is 18.8 Å². The summed E-state index contributed by atoms with van der Waals surface area (Å²) in [6.07, 6.45) is 7.11. The molecule has 2 N–H and O–H groups in total. The second kappa shape index (κ2) is 6.64. The third-order valence-electron chi connectivity index (χ3n) is 3.61. The van der Waals surface area contributed by atoms with Crippen molar-refractivity contribution in [1.82, 2.24) is 0 Å². The lowest BCUT2D eigenvalue weighted by atomic mass is 9.87. The van der Waals surface area contributed by atoms with Crippen molar-refractivity contribution in [2.45, 2.75) is 62.9 Å². The van der Waals surface area contributed by atoms with Crippen molar-refractivity contribution in [3.8, 4) is 0 Å². The van der Waals surface area contributed by atoms with Crippen molar-refractivity contribution in [2.75, 3.05) is 6.54 Å². The molecule has 1 fully saturated rings. The first kappa shape index (κ1) is 13.2. The molecule has 0 bridgehead atoms. The molecule has 0 aromatic rings. The SMILES string of the molecule is CCC1CCCC(S(=O)C(C)CCN)C1. The Balaban J connectivity index is 2.44. The molecule has 1 aliphatic carbocycles. The van der Waals surface area contributed by atoms with Crippen molar-refractivity contribution in [1.29, 1.82) is 0 Å². The molecule has 0 aromatic carbocycles. The van der Waals surface area contributed by atoms with E-state index in [2.05, 4.69) is 13.8 Å². The number of nitrogens with two attached hydrogens (primary N) is 1. The zero-order valence-electron chi connectivity index (χ0n) is 10.1. The van der Waals surface area contributed by atoms with Crippen LogP contribution in [0.4, 0.5) is 0 Å². The fraction of sp³-hybridized carbons (Fsp3) is 1.00. The fourth-order valence-electron chi connectivity index (χ4n) is 2.50. The average Bonchev–Trinajstić information content (AvgIpc) is 2.28. The quantitative estimate of drug-likeness (QED) is 0.790. The topological polar surface area (TPSA) is 43.1 Å². The second-order valence-corrected chi connectivity index (χ2v) is 6.91. The summed E-state index contributed by atoms with van der Waals surface area (Å²) in [5.74, 6) is 0.817. The van der Waals surface area contributed by atoms with Crippen molar-refractivity contribution in [2.24, 2.45) is 11.7 Å². The molecule has 2 nitrogen and oxygen atoms in total. The third kappa shape index (κ3) is 3.87. The van der Waals surface area contributed by atoms with Crippen molar-refractivity contribution in [3.05, 3.63) is 0 Å². The van der Waals surface area contributed by atoms with Crippen molar-refractivity contribution < 1.29 is 4.21 Å². The molecule has 90 valence electrons. The maximum absolute atomic E-state index is 12.2. The smallest absolute Gasteiger partial charge is 0.0353 e. The van der Waals surface area contributed by atoms with Crippen LogP contribution in [0.1, 0.15) is 52.4 Å². The minimum Gasteiger partial charge on any atom is -0.330 e. The molecular formula is C12H25NOS. The normalized spacial score (nSPS) is 31.1. The van der Waals surface area contributed by atoms with Crippen LogP contribution in [0.2, 0.25) is 0 Å². The van der Waals surface area contributed by atoms with Crippen LogP contribution in [0.25, 0.3) is 0 Å². The average molecular weight is 231 g/mol. The van der Waals surface area contributed by atoms with Gasteiger partial charge in [-0.1, -0.05) is 33.1 Å².